The molecule has 406 valence electrons. The Morgan fingerprint density at radius 2 is 0.623 bits per heavy atom. The zero-order valence-electron chi connectivity index (χ0n) is 46.5. The first-order valence-electron chi connectivity index (χ1n) is 30.9. The van der Waals surface area contributed by atoms with E-state index in [0.717, 1.165) is 38.5 Å². The molecule has 4 N–H and O–H groups in total. The lowest BCUT2D eigenvalue weighted by Gasteiger charge is -2.21. The zero-order valence-corrected chi connectivity index (χ0v) is 46.5. The lowest BCUT2D eigenvalue weighted by atomic mass is 10.0. The fraction of sp³-hybridized carbons (Fsp3) is 0.859. The fourth-order valence-electron chi connectivity index (χ4n) is 9.61. The van der Waals surface area contributed by atoms with E-state index in [0.29, 0.717) is 6.42 Å². The molecule has 0 aromatic heterocycles. The summed E-state index contributed by atoms with van der Waals surface area (Å²) in [5, 5.41) is 33.4. The van der Waals surface area contributed by atoms with Crippen LogP contribution in [0.25, 0.3) is 0 Å². The molecule has 1 amide bonds. The van der Waals surface area contributed by atoms with Gasteiger partial charge in [0.25, 0.3) is 0 Å². The third-order valence-electron chi connectivity index (χ3n) is 14.3. The molecule has 0 spiro atoms. The zero-order chi connectivity index (χ0) is 50.0. The molecule has 0 aliphatic rings. The molecule has 0 saturated heterocycles. The SMILES string of the molecule is CCCCCCCCCCC/C=C/CC/C=C/CC/C=C/C(O)C(CO)NC(=O)CC(O)CCCCCCCCCCCCCCCCC/C=C\CCCCCCCCCCCCCCCCCC. The minimum Gasteiger partial charge on any atom is -0.394 e. The van der Waals surface area contributed by atoms with Crippen molar-refractivity contribution in [2.75, 3.05) is 6.61 Å². The number of hydrogen-bond donors (Lipinski definition) is 4. The van der Waals surface area contributed by atoms with Crippen molar-refractivity contribution in [1.29, 1.82) is 0 Å². The van der Waals surface area contributed by atoms with Crippen LogP contribution in [0.5, 0.6) is 0 Å². The molecule has 0 rings (SSSR count). The van der Waals surface area contributed by atoms with Gasteiger partial charge in [-0.3, -0.25) is 4.79 Å². The number of carbonyl (C=O) groups is 1. The highest BCUT2D eigenvalue weighted by molar-refractivity contribution is 5.76. The van der Waals surface area contributed by atoms with Gasteiger partial charge in [0.1, 0.15) is 0 Å². The molecule has 0 heterocycles. The van der Waals surface area contributed by atoms with Crippen molar-refractivity contribution in [3.05, 3.63) is 48.6 Å². The summed E-state index contributed by atoms with van der Waals surface area (Å²) in [5.41, 5.74) is 0. The van der Waals surface area contributed by atoms with Gasteiger partial charge in [-0.05, 0) is 70.6 Å². The number of unbranched alkanes of at least 4 members (excludes halogenated alkanes) is 42. The number of carbonyl (C=O) groups excluding carboxylic acids is 1. The second kappa shape index (κ2) is 58.9. The molecule has 3 unspecified atom stereocenters. The summed E-state index contributed by atoms with van der Waals surface area (Å²) in [6, 6.07) is -0.769. The van der Waals surface area contributed by atoms with Crippen molar-refractivity contribution >= 4 is 5.91 Å². The molecule has 0 aliphatic heterocycles. The number of aliphatic hydroxyl groups excluding tert-OH is 3. The molecule has 0 radical (unpaired) electrons. The van der Waals surface area contributed by atoms with E-state index in [1.54, 1.807) is 6.08 Å². The summed E-state index contributed by atoms with van der Waals surface area (Å²) in [5.74, 6) is -0.326. The first-order valence-corrected chi connectivity index (χ1v) is 30.9. The summed E-state index contributed by atoms with van der Waals surface area (Å²) >= 11 is 0. The van der Waals surface area contributed by atoms with Gasteiger partial charge in [0.05, 0.1) is 31.3 Å². The molecule has 0 aromatic rings. The predicted octanol–water partition coefficient (Wildman–Crippen LogP) is 19.6. The van der Waals surface area contributed by atoms with E-state index in [-0.39, 0.29) is 18.9 Å². The average Bonchev–Trinajstić information content (AvgIpc) is 3.35. The molecule has 0 bridgehead atoms. The summed E-state index contributed by atoms with van der Waals surface area (Å²) in [7, 11) is 0. The standard InChI is InChI=1S/C64H121NO4/c1-3-5-7-9-11-13-15-17-19-21-23-24-25-26-27-28-29-30-31-32-33-34-35-36-37-38-40-41-43-45-47-49-51-53-55-57-61(67)59-64(69)65-62(60-66)63(68)58-56-54-52-50-48-46-44-42-39-22-20-18-16-14-12-10-8-6-4-2/h30-31,39,42,48,50,56,58,61-63,66-68H,3-29,32-38,40-41,43-47,49,51-55,57,59-60H2,1-2H3,(H,65,69)/b31-30-,42-39+,50-48+,58-56+. The van der Waals surface area contributed by atoms with Crippen LogP contribution >= 0.6 is 0 Å². The van der Waals surface area contributed by atoms with Crippen LogP contribution < -0.4 is 5.32 Å². The Hall–Kier alpha value is -1.69. The fourth-order valence-corrected chi connectivity index (χ4v) is 9.61. The summed E-state index contributed by atoms with van der Waals surface area (Å²) in [6.07, 6.45) is 79.1. The molecular weight excluding hydrogens is 847 g/mol. The van der Waals surface area contributed by atoms with Crippen molar-refractivity contribution in [3.8, 4) is 0 Å². The van der Waals surface area contributed by atoms with Crippen LogP contribution in [0.15, 0.2) is 48.6 Å². The lowest BCUT2D eigenvalue weighted by molar-refractivity contribution is -0.124. The number of allylic oxidation sites excluding steroid dienone is 7. The van der Waals surface area contributed by atoms with E-state index < -0.39 is 18.2 Å². The van der Waals surface area contributed by atoms with Crippen molar-refractivity contribution in [2.45, 2.75) is 347 Å². The number of hydrogen-bond acceptors (Lipinski definition) is 4. The normalized spacial score (nSPS) is 13.5. The van der Waals surface area contributed by atoms with Crippen molar-refractivity contribution < 1.29 is 20.1 Å². The molecule has 3 atom stereocenters. The van der Waals surface area contributed by atoms with Crippen LogP contribution in [0.4, 0.5) is 0 Å². The van der Waals surface area contributed by atoms with Gasteiger partial charge < -0.3 is 20.6 Å². The first kappa shape index (κ1) is 67.3. The highest BCUT2D eigenvalue weighted by atomic mass is 16.3. The Bertz CT molecular complexity index is 1110. The Morgan fingerprint density at radius 3 is 0.928 bits per heavy atom. The van der Waals surface area contributed by atoms with Gasteiger partial charge in [-0.2, -0.15) is 0 Å². The second-order valence-corrected chi connectivity index (χ2v) is 21.3. The maximum Gasteiger partial charge on any atom is 0.222 e. The second-order valence-electron chi connectivity index (χ2n) is 21.3. The van der Waals surface area contributed by atoms with Gasteiger partial charge in [-0.25, -0.2) is 0 Å². The van der Waals surface area contributed by atoms with Gasteiger partial charge in [-0.1, -0.05) is 300 Å². The highest BCUT2D eigenvalue weighted by Gasteiger charge is 2.20. The Balaban J connectivity index is 3.53. The first-order chi connectivity index (χ1) is 34.0. The summed E-state index contributed by atoms with van der Waals surface area (Å²) < 4.78 is 0. The molecule has 0 aliphatic carbocycles. The number of aliphatic hydroxyl groups is 3. The largest absolute Gasteiger partial charge is 0.394 e. The summed E-state index contributed by atoms with van der Waals surface area (Å²) in [4.78, 5) is 12.5. The van der Waals surface area contributed by atoms with E-state index in [9.17, 15) is 20.1 Å². The third kappa shape index (κ3) is 55.5. The molecule has 0 saturated carbocycles. The van der Waals surface area contributed by atoms with Crippen molar-refractivity contribution in [1.82, 2.24) is 5.32 Å². The van der Waals surface area contributed by atoms with Crippen molar-refractivity contribution in [2.24, 2.45) is 0 Å². The maximum absolute atomic E-state index is 12.5. The van der Waals surface area contributed by atoms with Crippen LogP contribution in [0.1, 0.15) is 328 Å². The van der Waals surface area contributed by atoms with E-state index in [1.165, 1.54) is 263 Å². The van der Waals surface area contributed by atoms with Crippen LogP contribution in [0, 0.1) is 0 Å². The maximum atomic E-state index is 12.5. The minimum absolute atomic E-state index is 0.00341. The topological polar surface area (TPSA) is 89.8 Å². The Labute approximate surface area is 431 Å². The highest BCUT2D eigenvalue weighted by Crippen LogP contribution is 2.17. The van der Waals surface area contributed by atoms with Crippen LogP contribution in [-0.4, -0.2) is 46.1 Å². The third-order valence-corrected chi connectivity index (χ3v) is 14.3. The molecule has 69 heavy (non-hydrogen) atoms. The van der Waals surface area contributed by atoms with E-state index in [2.05, 4.69) is 55.6 Å². The van der Waals surface area contributed by atoms with E-state index >= 15 is 0 Å². The molecule has 0 fully saturated rings. The van der Waals surface area contributed by atoms with Crippen LogP contribution in [-0.2, 0) is 4.79 Å². The monoisotopic (exact) mass is 968 g/mol. The Morgan fingerprint density at radius 1 is 0.362 bits per heavy atom. The van der Waals surface area contributed by atoms with E-state index in [1.807, 2.05) is 6.08 Å². The van der Waals surface area contributed by atoms with Gasteiger partial charge in [0.15, 0.2) is 0 Å². The van der Waals surface area contributed by atoms with Crippen LogP contribution in [0.3, 0.4) is 0 Å². The smallest absolute Gasteiger partial charge is 0.222 e. The number of nitrogens with one attached hydrogen (secondary N) is 1. The number of rotatable bonds is 57. The van der Waals surface area contributed by atoms with E-state index in [4.69, 9.17) is 0 Å². The molecule has 5 nitrogen and oxygen atoms in total. The van der Waals surface area contributed by atoms with Gasteiger partial charge in [-0.15, -0.1) is 0 Å². The van der Waals surface area contributed by atoms with Gasteiger partial charge in [0.2, 0.25) is 5.91 Å². The van der Waals surface area contributed by atoms with Crippen LogP contribution in [0.2, 0.25) is 0 Å². The Kier molecular flexibility index (Phi) is 57.4. The predicted molar refractivity (Wildman–Crippen MR) is 305 cm³/mol. The van der Waals surface area contributed by atoms with Gasteiger partial charge >= 0.3 is 0 Å². The van der Waals surface area contributed by atoms with Gasteiger partial charge in [0, 0.05) is 0 Å². The minimum atomic E-state index is -0.961. The quantitative estimate of drug-likeness (QED) is 0.0361. The van der Waals surface area contributed by atoms with Crippen molar-refractivity contribution in [3.63, 3.8) is 0 Å². The molecule has 5 heteroatoms. The average molecular weight is 969 g/mol. The molecular formula is C64H121NO4. The number of amides is 1. The summed E-state index contributed by atoms with van der Waals surface area (Å²) in [6.45, 7) is 4.23. The lowest BCUT2D eigenvalue weighted by Crippen LogP contribution is -2.45. The molecule has 0 aromatic carbocycles.